The predicted molar refractivity (Wildman–Crippen MR) is 61.9 cm³/mol. The summed E-state index contributed by atoms with van der Waals surface area (Å²) in [5, 5.41) is 0. The Balaban J connectivity index is 1.90. The molecule has 2 saturated heterocycles. The van der Waals surface area contributed by atoms with Gasteiger partial charge in [-0.3, -0.25) is 4.79 Å². The lowest BCUT2D eigenvalue weighted by molar-refractivity contribution is -0.137. The molecule has 16 heavy (non-hydrogen) atoms. The molecule has 4 atom stereocenters. The van der Waals surface area contributed by atoms with E-state index in [1.807, 2.05) is 11.8 Å². The summed E-state index contributed by atoms with van der Waals surface area (Å²) in [6.07, 6.45) is 2.11. The van der Waals surface area contributed by atoms with Gasteiger partial charge in [0.25, 0.3) is 0 Å². The highest BCUT2D eigenvalue weighted by Gasteiger charge is 2.34. The maximum absolute atomic E-state index is 12.2. The largest absolute Gasteiger partial charge is 0.378 e. The summed E-state index contributed by atoms with van der Waals surface area (Å²) < 4.78 is 5.45. The Kier molecular flexibility index (Phi) is 3.50. The molecule has 0 bridgehead atoms. The zero-order chi connectivity index (χ0) is 11.7. The topological polar surface area (TPSA) is 55.6 Å². The molecule has 1 amide bonds. The smallest absolute Gasteiger partial charge is 0.228 e. The lowest BCUT2D eigenvalue weighted by atomic mass is 9.93. The molecule has 0 spiro atoms. The first kappa shape index (κ1) is 11.9. The third-order valence-corrected chi connectivity index (χ3v) is 3.88. The number of carbonyl (C=O) groups excluding carboxylic acids is 1. The number of nitrogens with zero attached hydrogens (tertiary/aromatic N) is 1. The van der Waals surface area contributed by atoms with Crippen molar-refractivity contribution in [3.8, 4) is 0 Å². The van der Waals surface area contributed by atoms with Crippen molar-refractivity contribution in [2.45, 2.75) is 38.8 Å². The molecule has 2 aliphatic rings. The van der Waals surface area contributed by atoms with E-state index in [9.17, 15) is 4.79 Å². The van der Waals surface area contributed by atoms with Crippen molar-refractivity contribution in [3.05, 3.63) is 0 Å². The SMILES string of the molecule is CC1CC(C(=O)N2CCC(C)C(N)C2)CO1. The van der Waals surface area contributed by atoms with E-state index in [2.05, 4.69) is 6.92 Å². The summed E-state index contributed by atoms with van der Waals surface area (Å²) in [4.78, 5) is 14.1. The molecule has 2 heterocycles. The molecule has 0 radical (unpaired) electrons. The number of ether oxygens (including phenoxy) is 1. The monoisotopic (exact) mass is 226 g/mol. The minimum atomic E-state index is 0.0654. The van der Waals surface area contributed by atoms with Crippen LogP contribution in [0.1, 0.15) is 26.7 Å². The van der Waals surface area contributed by atoms with Crippen molar-refractivity contribution in [2.75, 3.05) is 19.7 Å². The van der Waals surface area contributed by atoms with E-state index >= 15 is 0 Å². The minimum absolute atomic E-state index is 0.0654. The normalized spacial score (nSPS) is 40.1. The number of carbonyl (C=O) groups is 1. The van der Waals surface area contributed by atoms with Gasteiger partial charge >= 0.3 is 0 Å². The molecule has 0 aliphatic carbocycles. The molecular weight excluding hydrogens is 204 g/mol. The average Bonchev–Trinajstić information content (AvgIpc) is 2.68. The fourth-order valence-electron chi connectivity index (χ4n) is 2.55. The van der Waals surface area contributed by atoms with E-state index in [4.69, 9.17) is 10.5 Å². The van der Waals surface area contributed by atoms with Gasteiger partial charge in [0.05, 0.1) is 18.6 Å². The molecule has 0 aromatic carbocycles. The summed E-state index contributed by atoms with van der Waals surface area (Å²) in [5.74, 6) is 0.838. The second kappa shape index (κ2) is 4.72. The second-order valence-electron chi connectivity index (χ2n) is 5.29. The number of hydrogen-bond acceptors (Lipinski definition) is 3. The summed E-state index contributed by atoms with van der Waals surface area (Å²) in [6.45, 7) is 6.34. The number of amides is 1. The van der Waals surface area contributed by atoms with Gasteiger partial charge in [-0.05, 0) is 25.7 Å². The Morgan fingerprint density at radius 3 is 2.75 bits per heavy atom. The van der Waals surface area contributed by atoms with E-state index in [-0.39, 0.29) is 24.0 Å². The van der Waals surface area contributed by atoms with E-state index in [1.54, 1.807) is 0 Å². The molecule has 2 N–H and O–H groups in total. The van der Waals surface area contributed by atoms with Gasteiger partial charge in [0.2, 0.25) is 5.91 Å². The molecule has 2 aliphatic heterocycles. The summed E-state index contributed by atoms with van der Waals surface area (Å²) in [7, 11) is 0. The number of likely N-dealkylation sites (tertiary alicyclic amines) is 1. The van der Waals surface area contributed by atoms with Crippen LogP contribution in [0.2, 0.25) is 0 Å². The third-order valence-electron chi connectivity index (χ3n) is 3.88. The first-order valence-electron chi connectivity index (χ1n) is 6.24. The standard InChI is InChI=1S/C12H22N2O2/c1-8-3-4-14(6-11(8)13)12(15)10-5-9(2)16-7-10/h8-11H,3-7,13H2,1-2H3. The summed E-state index contributed by atoms with van der Waals surface area (Å²) in [5.41, 5.74) is 6.01. The van der Waals surface area contributed by atoms with Crippen molar-refractivity contribution in [3.63, 3.8) is 0 Å². The minimum Gasteiger partial charge on any atom is -0.378 e. The van der Waals surface area contributed by atoms with Gasteiger partial charge in [-0.2, -0.15) is 0 Å². The second-order valence-corrected chi connectivity index (χ2v) is 5.29. The van der Waals surface area contributed by atoms with Crippen molar-refractivity contribution in [1.29, 1.82) is 0 Å². The number of rotatable bonds is 1. The quantitative estimate of drug-likeness (QED) is 0.712. The molecule has 92 valence electrons. The van der Waals surface area contributed by atoms with Crippen molar-refractivity contribution >= 4 is 5.91 Å². The number of piperidine rings is 1. The zero-order valence-electron chi connectivity index (χ0n) is 10.2. The van der Waals surface area contributed by atoms with Gasteiger partial charge < -0.3 is 15.4 Å². The first-order chi connectivity index (χ1) is 7.58. The van der Waals surface area contributed by atoms with Crippen LogP contribution in [0.25, 0.3) is 0 Å². The lowest BCUT2D eigenvalue weighted by Crippen LogP contribution is -2.51. The van der Waals surface area contributed by atoms with Gasteiger partial charge in [0.1, 0.15) is 0 Å². The highest BCUT2D eigenvalue weighted by molar-refractivity contribution is 5.79. The zero-order valence-corrected chi connectivity index (χ0v) is 10.2. The van der Waals surface area contributed by atoms with Crippen molar-refractivity contribution in [1.82, 2.24) is 4.90 Å². The van der Waals surface area contributed by atoms with Crippen LogP contribution in [0.15, 0.2) is 0 Å². The van der Waals surface area contributed by atoms with Crippen LogP contribution in [0, 0.1) is 11.8 Å². The van der Waals surface area contributed by atoms with Crippen molar-refractivity contribution in [2.24, 2.45) is 17.6 Å². The molecule has 0 aromatic heterocycles. The molecule has 4 unspecified atom stereocenters. The van der Waals surface area contributed by atoms with Crippen molar-refractivity contribution < 1.29 is 9.53 Å². The van der Waals surface area contributed by atoms with Gasteiger partial charge in [-0.15, -0.1) is 0 Å². The van der Waals surface area contributed by atoms with Crippen LogP contribution in [-0.2, 0) is 9.53 Å². The van der Waals surface area contributed by atoms with Crippen LogP contribution < -0.4 is 5.73 Å². The molecular formula is C12H22N2O2. The molecule has 4 heteroatoms. The fraction of sp³-hybridized carbons (Fsp3) is 0.917. The van der Waals surface area contributed by atoms with E-state index in [0.717, 1.165) is 19.4 Å². The van der Waals surface area contributed by atoms with Crippen LogP contribution in [0.5, 0.6) is 0 Å². The van der Waals surface area contributed by atoms with Crippen LogP contribution >= 0.6 is 0 Å². The summed E-state index contributed by atoms with van der Waals surface area (Å²) in [6, 6.07) is 0.137. The predicted octanol–water partition coefficient (Wildman–Crippen LogP) is 0.607. The van der Waals surface area contributed by atoms with Gasteiger partial charge in [0.15, 0.2) is 0 Å². The van der Waals surface area contributed by atoms with Crippen LogP contribution in [0.4, 0.5) is 0 Å². The maximum atomic E-state index is 12.2. The highest BCUT2D eigenvalue weighted by Crippen LogP contribution is 2.24. The van der Waals surface area contributed by atoms with Gasteiger partial charge in [0, 0.05) is 19.1 Å². The molecule has 2 fully saturated rings. The Labute approximate surface area is 97.1 Å². The highest BCUT2D eigenvalue weighted by atomic mass is 16.5. The number of nitrogens with two attached hydrogens (primary N) is 1. The number of hydrogen-bond donors (Lipinski definition) is 1. The Morgan fingerprint density at radius 1 is 1.44 bits per heavy atom. The van der Waals surface area contributed by atoms with Gasteiger partial charge in [-0.25, -0.2) is 0 Å². The third kappa shape index (κ3) is 2.38. The van der Waals surface area contributed by atoms with E-state index in [0.29, 0.717) is 19.1 Å². The van der Waals surface area contributed by atoms with Crippen LogP contribution in [-0.4, -0.2) is 42.6 Å². The average molecular weight is 226 g/mol. The van der Waals surface area contributed by atoms with Gasteiger partial charge in [-0.1, -0.05) is 6.92 Å². The summed E-state index contributed by atoms with van der Waals surface area (Å²) >= 11 is 0. The Morgan fingerprint density at radius 2 is 2.19 bits per heavy atom. The first-order valence-corrected chi connectivity index (χ1v) is 6.24. The molecule has 0 aromatic rings. The maximum Gasteiger partial charge on any atom is 0.228 e. The van der Waals surface area contributed by atoms with E-state index in [1.165, 1.54) is 0 Å². The molecule has 4 nitrogen and oxygen atoms in total. The lowest BCUT2D eigenvalue weighted by Gasteiger charge is -2.36. The van der Waals surface area contributed by atoms with E-state index < -0.39 is 0 Å². The molecule has 0 saturated carbocycles. The van der Waals surface area contributed by atoms with Crippen LogP contribution in [0.3, 0.4) is 0 Å². The fourth-order valence-corrected chi connectivity index (χ4v) is 2.55. The molecule has 2 rings (SSSR count). The Hall–Kier alpha value is -0.610. The Bertz CT molecular complexity index is 270.